The van der Waals surface area contributed by atoms with Gasteiger partial charge in [0.1, 0.15) is 4.90 Å². The fourth-order valence-corrected chi connectivity index (χ4v) is 3.66. The minimum atomic E-state index is -3.47. The molecule has 0 aromatic carbocycles. The number of halogens is 1. The average Bonchev–Trinajstić information content (AvgIpc) is 3.03. The molecule has 1 N–H and O–H groups in total. The summed E-state index contributed by atoms with van der Waals surface area (Å²) in [7, 11) is -3.47. The zero-order valence-electron chi connectivity index (χ0n) is 11.0. The van der Waals surface area contributed by atoms with Gasteiger partial charge in [0, 0.05) is 44.8 Å². The number of nitrogens with zero attached hydrogens (tertiary/aromatic N) is 5. The van der Waals surface area contributed by atoms with Gasteiger partial charge in [-0.1, -0.05) is 0 Å². The minimum absolute atomic E-state index is 0.191. The van der Waals surface area contributed by atoms with Crippen LogP contribution in [0.1, 0.15) is 0 Å². The third kappa shape index (κ3) is 2.92. The predicted octanol–water partition coefficient (Wildman–Crippen LogP) is 0.473. The number of H-pyrrole nitrogens is 1. The molecule has 10 heteroatoms. The van der Waals surface area contributed by atoms with Crippen LogP contribution in [0.25, 0.3) is 0 Å². The molecule has 112 valence electrons. The van der Waals surface area contributed by atoms with Gasteiger partial charge in [0.15, 0.2) is 0 Å². The number of hydrogen-bond acceptors (Lipinski definition) is 6. The normalized spacial score (nSPS) is 17.1. The van der Waals surface area contributed by atoms with Crippen molar-refractivity contribution in [3.8, 4) is 0 Å². The Bertz CT molecular complexity index is 695. The summed E-state index contributed by atoms with van der Waals surface area (Å²) in [5.41, 5.74) is 0. The topological polar surface area (TPSA) is 95.1 Å². The van der Waals surface area contributed by atoms with Gasteiger partial charge in [-0.25, -0.2) is 18.4 Å². The standard InChI is InChI=1S/C11H13BrN6O2S/c12-9-5-13-11(14-6-9)17-1-3-18(4-2-17)21(19,20)10-7-15-16-8-10/h5-8H,1-4H2,(H,15,16). The Labute approximate surface area is 130 Å². The molecule has 1 fully saturated rings. The molecule has 0 aliphatic carbocycles. The first-order valence-corrected chi connectivity index (χ1v) is 8.52. The van der Waals surface area contributed by atoms with Crippen molar-refractivity contribution >= 4 is 31.9 Å². The van der Waals surface area contributed by atoms with Crippen LogP contribution in [-0.4, -0.2) is 59.1 Å². The Kier molecular flexibility index (Phi) is 3.91. The number of sulfonamides is 1. The van der Waals surface area contributed by atoms with Crippen molar-refractivity contribution in [1.29, 1.82) is 0 Å². The molecule has 0 spiro atoms. The third-order valence-corrected chi connectivity index (χ3v) is 5.51. The second-order valence-corrected chi connectivity index (χ2v) is 7.38. The summed E-state index contributed by atoms with van der Waals surface area (Å²) in [6.07, 6.45) is 6.06. The van der Waals surface area contributed by atoms with E-state index in [9.17, 15) is 8.42 Å². The molecule has 1 aliphatic rings. The van der Waals surface area contributed by atoms with E-state index in [-0.39, 0.29) is 4.90 Å². The fourth-order valence-electron chi connectivity index (χ4n) is 2.13. The lowest BCUT2D eigenvalue weighted by Crippen LogP contribution is -2.49. The van der Waals surface area contributed by atoms with Crippen LogP contribution in [0.5, 0.6) is 0 Å². The molecule has 3 heterocycles. The van der Waals surface area contributed by atoms with E-state index in [0.717, 1.165) is 4.47 Å². The highest BCUT2D eigenvalue weighted by Crippen LogP contribution is 2.18. The lowest BCUT2D eigenvalue weighted by atomic mass is 10.4. The van der Waals surface area contributed by atoms with E-state index in [0.29, 0.717) is 32.1 Å². The highest BCUT2D eigenvalue weighted by molar-refractivity contribution is 9.10. The molecule has 2 aromatic heterocycles. The van der Waals surface area contributed by atoms with Gasteiger partial charge in [0.05, 0.1) is 10.7 Å². The summed E-state index contributed by atoms with van der Waals surface area (Å²) >= 11 is 3.29. The van der Waals surface area contributed by atoms with Crippen LogP contribution < -0.4 is 4.90 Å². The lowest BCUT2D eigenvalue weighted by molar-refractivity contribution is 0.382. The van der Waals surface area contributed by atoms with Crippen LogP contribution >= 0.6 is 15.9 Å². The summed E-state index contributed by atoms with van der Waals surface area (Å²) < 4.78 is 27.0. The van der Waals surface area contributed by atoms with Gasteiger partial charge < -0.3 is 4.90 Å². The highest BCUT2D eigenvalue weighted by atomic mass is 79.9. The average molecular weight is 373 g/mol. The van der Waals surface area contributed by atoms with Crippen molar-refractivity contribution < 1.29 is 8.42 Å². The minimum Gasteiger partial charge on any atom is -0.338 e. The maximum absolute atomic E-state index is 12.3. The Morgan fingerprint density at radius 1 is 1.10 bits per heavy atom. The van der Waals surface area contributed by atoms with Crippen molar-refractivity contribution in [2.24, 2.45) is 0 Å². The number of nitrogens with one attached hydrogen (secondary N) is 1. The summed E-state index contributed by atoms with van der Waals surface area (Å²) in [5.74, 6) is 0.610. The van der Waals surface area contributed by atoms with Crippen LogP contribution in [0.2, 0.25) is 0 Å². The van der Waals surface area contributed by atoms with E-state index in [1.54, 1.807) is 12.4 Å². The Hall–Kier alpha value is -1.52. The van der Waals surface area contributed by atoms with E-state index in [4.69, 9.17) is 0 Å². The second-order valence-electron chi connectivity index (χ2n) is 4.53. The van der Waals surface area contributed by atoms with Gasteiger partial charge in [-0.3, -0.25) is 5.10 Å². The summed E-state index contributed by atoms with van der Waals surface area (Å²) in [5, 5.41) is 6.21. The first-order chi connectivity index (χ1) is 10.1. The van der Waals surface area contributed by atoms with Crippen LogP contribution in [-0.2, 0) is 10.0 Å². The predicted molar refractivity (Wildman–Crippen MR) is 79.3 cm³/mol. The monoisotopic (exact) mass is 372 g/mol. The van der Waals surface area contributed by atoms with Crippen molar-refractivity contribution in [1.82, 2.24) is 24.5 Å². The Balaban J connectivity index is 1.69. The number of anilines is 1. The molecule has 0 atom stereocenters. The Morgan fingerprint density at radius 3 is 2.33 bits per heavy atom. The van der Waals surface area contributed by atoms with Crippen molar-refractivity contribution in [3.05, 3.63) is 29.3 Å². The van der Waals surface area contributed by atoms with E-state index in [2.05, 4.69) is 36.1 Å². The summed E-state index contributed by atoms with van der Waals surface area (Å²) in [4.78, 5) is 10.6. The largest absolute Gasteiger partial charge is 0.338 e. The third-order valence-electron chi connectivity index (χ3n) is 3.24. The van der Waals surface area contributed by atoms with Crippen molar-refractivity contribution in [2.75, 3.05) is 31.1 Å². The molecular formula is C11H13BrN6O2S. The van der Waals surface area contributed by atoms with Crippen LogP contribution in [0.4, 0.5) is 5.95 Å². The smallest absolute Gasteiger partial charge is 0.246 e. The van der Waals surface area contributed by atoms with Gasteiger partial charge in [0.2, 0.25) is 16.0 Å². The van der Waals surface area contributed by atoms with E-state index in [1.165, 1.54) is 16.7 Å². The molecule has 0 radical (unpaired) electrons. The Morgan fingerprint density at radius 2 is 1.76 bits per heavy atom. The SMILES string of the molecule is O=S(=O)(c1cn[nH]c1)N1CCN(c2ncc(Br)cn2)CC1. The molecule has 0 unspecified atom stereocenters. The molecule has 0 saturated carbocycles. The van der Waals surface area contributed by atoms with Gasteiger partial charge in [-0.15, -0.1) is 0 Å². The molecule has 0 bridgehead atoms. The van der Waals surface area contributed by atoms with E-state index >= 15 is 0 Å². The molecule has 1 saturated heterocycles. The zero-order valence-corrected chi connectivity index (χ0v) is 13.4. The zero-order chi connectivity index (χ0) is 14.9. The first-order valence-electron chi connectivity index (χ1n) is 6.29. The molecule has 0 amide bonds. The van der Waals surface area contributed by atoms with E-state index < -0.39 is 10.0 Å². The van der Waals surface area contributed by atoms with Crippen molar-refractivity contribution in [2.45, 2.75) is 4.90 Å². The van der Waals surface area contributed by atoms with Crippen molar-refractivity contribution in [3.63, 3.8) is 0 Å². The molecule has 2 aromatic rings. The second kappa shape index (κ2) is 5.70. The van der Waals surface area contributed by atoms with Gasteiger partial charge in [-0.05, 0) is 15.9 Å². The maximum atomic E-state index is 12.3. The maximum Gasteiger partial charge on any atom is 0.246 e. The number of piperazine rings is 1. The van der Waals surface area contributed by atoms with Crippen LogP contribution in [0, 0.1) is 0 Å². The van der Waals surface area contributed by atoms with Gasteiger partial charge in [-0.2, -0.15) is 9.40 Å². The first kappa shape index (κ1) is 14.4. The highest BCUT2D eigenvalue weighted by Gasteiger charge is 2.29. The molecular weight excluding hydrogens is 360 g/mol. The molecule has 21 heavy (non-hydrogen) atoms. The van der Waals surface area contributed by atoms with E-state index in [1.807, 2.05) is 4.90 Å². The number of hydrogen-bond donors (Lipinski definition) is 1. The van der Waals surface area contributed by atoms with Crippen LogP contribution in [0.15, 0.2) is 34.2 Å². The molecule has 3 rings (SSSR count). The number of rotatable bonds is 3. The van der Waals surface area contributed by atoms with Gasteiger partial charge in [0.25, 0.3) is 0 Å². The quantitative estimate of drug-likeness (QED) is 0.841. The molecule has 8 nitrogen and oxygen atoms in total. The molecule has 1 aliphatic heterocycles. The summed E-state index contributed by atoms with van der Waals surface area (Å²) in [6.45, 7) is 1.90. The number of aromatic nitrogens is 4. The number of aromatic amines is 1. The summed E-state index contributed by atoms with van der Waals surface area (Å²) in [6, 6.07) is 0. The lowest BCUT2D eigenvalue weighted by Gasteiger charge is -2.33. The van der Waals surface area contributed by atoms with Gasteiger partial charge >= 0.3 is 0 Å². The fraction of sp³-hybridized carbons (Fsp3) is 0.364. The van der Waals surface area contributed by atoms with Crippen LogP contribution in [0.3, 0.4) is 0 Å².